The molecule has 0 radical (unpaired) electrons. The number of anilines is 1. The second-order valence-corrected chi connectivity index (χ2v) is 6.56. The largest absolute Gasteiger partial charge is 0.465 e. The molecule has 7 nitrogen and oxygen atoms in total. The normalized spacial score (nSPS) is 19.0. The van der Waals surface area contributed by atoms with Crippen LogP contribution in [0.4, 0.5) is 10.5 Å². The summed E-state index contributed by atoms with van der Waals surface area (Å²) >= 11 is 0. The van der Waals surface area contributed by atoms with Crippen LogP contribution in [0.25, 0.3) is 0 Å². The van der Waals surface area contributed by atoms with Gasteiger partial charge >= 0.3 is 12.0 Å². The highest BCUT2D eigenvalue weighted by Crippen LogP contribution is 2.28. The van der Waals surface area contributed by atoms with Crippen molar-refractivity contribution in [1.82, 2.24) is 10.2 Å². The highest BCUT2D eigenvalue weighted by molar-refractivity contribution is 5.94. The summed E-state index contributed by atoms with van der Waals surface area (Å²) in [6, 6.07) is 14.5. The number of carbonyl (C=O) groups is 2. The molecule has 4 rings (SSSR count). The van der Waals surface area contributed by atoms with Crippen molar-refractivity contribution in [1.29, 1.82) is 0 Å². The van der Waals surface area contributed by atoms with Crippen LogP contribution in [0.5, 0.6) is 11.5 Å². The van der Waals surface area contributed by atoms with E-state index in [0.717, 1.165) is 25.3 Å². The molecule has 27 heavy (non-hydrogen) atoms. The van der Waals surface area contributed by atoms with Gasteiger partial charge in [0.2, 0.25) is 0 Å². The number of nitrogens with one attached hydrogen (secondary N) is 1. The number of hydrogen-bond acceptors (Lipinski definition) is 5. The smallest absolute Gasteiger partial charge is 0.337 e. The Labute approximate surface area is 157 Å². The lowest BCUT2D eigenvalue weighted by molar-refractivity contribution is 0.0600. The van der Waals surface area contributed by atoms with Gasteiger partial charge in [0.05, 0.1) is 18.7 Å². The van der Waals surface area contributed by atoms with Gasteiger partial charge in [-0.2, -0.15) is 0 Å². The van der Waals surface area contributed by atoms with Gasteiger partial charge in [0, 0.05) is 31.9 Å². The molecule has 140 valence electrons. The fourth-order valence-corrected chi connectivity index (χ4v) is 3.44. The Hall–Kier alpha value is -3.06. The number of rotatable bonds is 4. The van der Waals surface area contributed by atoms with Gasteiger partial charge in [-0.05, 0) is 48.5 Å². The third-order valence-electron chi connectivity index (χ3n) is 4.88. The first-order valence-electron chi connectivity index (χ1n) is 8.91. The summed E-state index contributed by atoms with van der Waals surface area (Å²) in [6.45, 7) is 3.13. The predicted molar refractivity (Wildman–Crippen MR) is 100 cm³/mol. The number of methoxy groups -OCH3 is 1. The van der Waals surface area contributed by atoms with Crippen molar-refractivity contribution < 1.29 is 19.1 Å². The van der Waals surface area contributed by atoms with Crippen LogP contribution in [-0.4, -0.2) is 56.2 Å². The van der Waals surface area contributed by atoms with Gasteiger partial charge in [-0.15, -0.1) is 0 Å². The van der Waals surface area contributed by atoms with E-state index in [1.165, 1.54) is 7.11 Å². The standard InChI is InChI=1S/C20H21N3O4/c1-26-19(24)14-2-6-17(7-3-14)27-18-8-4-15(5-9-18)23-13-16-12-21-10-11-22(16)20(23)25/h2-9,16,21H,10-13H2,1H3/t16-/m1/s1. The minimum Gasteiger partial charge on any atom is -0.465 e. The number of benzene rings is 2. The summed E-state index contributed by atoms with van der Waals surface area (Å²) in [6.07, 6.45) is 0. The second kappa shape index (κ2) is 7.28. The minimum absolute atomic E-state index is 0.0635. The maximum absolute atomic E-state index is 12.6. The fraction of sp³-hybridized carbons (Fsp3) is 0.300. The van der Waals surface area contributed by atoms with Crippen molar-refractivity contribution in [2.45, 2.75) is 6.04 Å². The van der Waals surface area contributed by atoms with Gasteiger partial charge in [0.25, 0.3) is 0 Å². The molecule has 0 spiro atoms. The van der Waals surface area contributed by atoms with E-state index in [4.69, 9.17) is 4.74 Å². The summed E-state index contributed by atoms with van der Waals surface area (Å²) in [5.74, 6) is 0.902. The molecule has 2 aliphatic heterocycles. The van der Waals surface area contributed by atoms with Gasteiger partial charge in [-0.1, -0.05) is 0 Å². The van der Waals surface area contributed by atoms with Gasteiger partial charge in [0.15, 0.2) is 0 Å². The molecule has 0 bridgehead atoms. The summed E-state index contributed by atoms with van der Waals surface area (Å²) in [5, 5.41) is 3.33. The predicted octanol–water partition coefficient (Wildman–Crippen LogP) is 2.48. The number of piperazine rings is 1. The first-order chi connectivity index (χ1) is 13.2. The number of esters is 1. The molecule has 0 aliphatic carbocycles. The topological polar surface area (TPSA) is 71.1 Å². The molecule has 2 aliphatic rings. The fourth-order valence-electron chi connectivity index (χ4n) is 3.44. The van der Waals surface area contributed by atoms with Gasteiger partial charge in [-0.25, -0.2) is 9.59 Å². The van der Waals surface area contributed by atoms with Crippen LogP contribution in [-0.2, 0) is 4.74 Å². The molecule has 2 heterocycles. The zero-order valence-corrected chi connectivity index (χ0v) is 15.1. The highest BCUT2D eigenvalue weighted by atomic mass is 16.5. The van der Waals surface area contributed by atoms with Crippen LogP contribution < -0.4 is 15.0 Å². The van der Waals surface area contributed by atoms with Crippen molar-refractivity contribution in [2.24, 2.45) is 0 Å². The van der Waals surface area contributed by atoms with E-state index in [1.807, 2.05) is 34.1 Å². The monoisotopic (exact) mass is 367 g/mol. The number of hydrogen-bond donors (Lipinski definition) is 1. The van der Waals surface area contributed by atoms with Gasteiger partial charge < -0.3 is 19.7 Å². The Balaban J connectivity index is 1.43. The first kappa shape index (κ1) is 17.4. The lowest BCUT2D eigenvalue weighted by Gasteiger charge is -2.28. The molecule has 2 amide bonds. The molecule has 1 atom stereocenters. The van der Waals surface area contributed by atoms with Crippen molar-refractivity contribution in [2.75, 3.05) is 38.2 Å². The van der Waals surface area contributed by atoms with Crippen LogP contribution in [0.3, 0.4) is 0 Å². The summed E-state index contributed by atoms with van der Waals surface area (Å²) in [7, 11) is 1.35. The summed E-state index contributed by atoms with van der Waals surface area (Å²) in [5.41, 5.74) is 1.33. The van der Waals surface area contributed by atoms with Crippen molar-refractivity contribution in [3.05, 3.63) is 54.1 Å². The zero-order chi connectivity index (χ0) is 18.8. The molecule has 2 aromatic carbocycles. The van der Waals surface area contributed by atoms with E-state index in [1.54, 1.807) is 24.3 Å². The van der Waals surface area contributed by atoms with Crippen molar-refractivity contribution in [3.8, 4) is 11.5 Å². The Kier molecular flexibility index (Phi) is 4.68. The maximum Gasteiger partial charge on any atom is 0.337 e. The highest BCUT2D eigenvalue weighted by Gasteiger charge is 2.38. The SMILES string of the molecule is COC(=O)c1ccc(Oc2ccc(N3C[C@H]4CNCCN4C3=O)cc2)cc1. The van der Waals surface area contributed by atoms with E-state index in [0.29, 0.717) is 23.6 Å². The van der Waals surface area contributed by atoms with Crippen LogP contribution in [0.2, 0.25) is 0 Å². The Morgan fingerprint density at radius 3 is 2.37 bits per heavy atom. The van der Waals surface area contributed by atoms with Crippen LogP contribution in [0.15, 0.2) is 48.5 Å². The third-order valence-corrected chi connectivity index (χ3v) is 4.88. The summed E-state index contributed by atoms with van der Waals surface area (Å²) < 4.78 is 10.5. The number of amides is 2. The maximum atomic E-state index is 12.6. The lowest BCUT2D eigenvalue weighted by atomic mass is 10.2. The molecule has 2 fully saturated rings. The average Bonchev–Trinajstić information content (AvgIpc) is 3.05. The number of ether oxygens (including phenoxy) is 2. The van der Waals surface area contributed by atoms with Crippen molar-refractivity contribution >= 4 is 17.7 Å². The first-order valence-corrected chi connectivity index (χ1v) is 8.91. The second-order valence-electron chi connectivity index (χ2n) is 6.56. The van der Waals surface area contributed by atoms with Crippen LogP contribution in [0, 0.1) is 0 Å². The third kappa shape index (κ3) is 3.46. The van der Waals surface area contributed by atoms with Crippen molar-refractivity contribution in [3.63, 3.8) is 0 Å². The quantitative estimate of drug-likeness (QED) is 0.841. The van der Waals surface area contributed by atoms with E-state index in [-0.39, 0.29) is 18.0 Å². The van der Waals surface area contributed by atoms with E-state index >= 15 is 0 Å². The molecule has 7 heteroatoms. The number of fused-ring (bicyclic) bond motifs is 1. The molecule has 2 saturated heterocycles. The lowest BCUT2D eigenvalue weighted by Crippen LogP contribution is -2.49. The molecular weight excluding hydrogens is 346 g/mol. The number of carbonyl (C=O) groups excluding carboxylic acids is 2. The molecule has 0 saturated carbocycles. The molecule has 1 N–H and O–H groups in total. The van der Waals surface area contributed by atoms with E-state index < -0.39 is 0 Å². The average molecular weight is 367 g/mol. The van der Waals surface area contributed by atoms with Gasteiger partial charge in [-0.3, -0.25) is 4.90 Å². The van der Waals surface area contributed by atoms with Crippen LogP contribution in [0.1, 0.15) is 10.4 Å². The number of nitrogens with zero attached hydrogens (tertiary/aromatic N) is 2. The number of urea groups is 1. The van der Waals surface area contributed by atoms with Gasteiger partial charge in [0.1, 0.15) is 11.5 Å². The minimum atomic E-state index is -0.382. The van der Waals surface area contributed by atoms with E-state index in [9.17, 15) is 9.59 Å². The Bertz CT molecular complexity index is 835. The molecular formula is C20H21N3O4. The zero-order valence-electron chi connectivity index (χ0n) is 15.1. The van der Waals surface area contributed by atoms with E-state index in [2.05, 4.69) is 10.1 Å². The summed E-state index contributed by atoms with van der Waals surface area (Å²) in [4.78, 5) is 27.8. The molecule has 2 aromatic rings. The Morgan fingerprint density at radius 2 is 1.74 bits per heavy atom. The molecule has 0 unspecified atom stereocenters. The van der Waals surface area contributed by atoms with Crippen LogP contribution >= 0.6 is 0 Å². The Morgan fingerprint density at radius 1 is 1.07 bits per heavy atom. The molecule has 0 aromatic heterocycles.